The number of rotatable bonds is 5. The van der Waals surface area contributed by atoms with Crippen molar-refractivity contribution in [3.63, 3.8) is 0 Å². The lowest BCUT2D eigenvalue weighted by Gasteiger charge is -2.19. The van der Waals surface area contributed by atoms with E-state index in [-0.39, 0.29) is 5.75 Å². The lowest BCUT2D eigenvalue weighted by Crippen LogP contribution is -2.12. The van der Waals surface area contributed by atoms with Gasteiger partial charge in [-0.05, 0) is 35.9 Å². The monoisotopic (exact) mass is 350 g/mol. The molecule has 2 N–H and O–H groups in total. The van der Waals surface area contributed by atoms with E-state index in [9.17, 15) is 5.11 Å². The molecule has 4 nitrogen and oxygen atoms in total. The van der Waals surface area contributed by atoms with Crippen molar-refractivity contribution in [2.24, 2.45) is 0 Å². The Morgan fingerprint density at radius 3 is 2.62 bits per heavy atom. The second kappa shape index (κ2) is 6.72. The largest absolute Gasteiger partial charge is 0.504 e. The van der Waals surface area contributed by atoms with Gasteiger partial charge in [0.05, 0.1) is 18.5 Å². The molecule has 0 amide bonds. The smallest absolute Gasteiger partial charge is 0.160 e. The number of hydrogen-bond donors (Lipinski definition) is 2. The topological polar surface area (TPSA) is 44.7 Å². The Balaban J connectivity index is 2.18. The van der Waals surface area contributed by atoms with Gasteiger partial charge in [0, 0.05) is 25.1 Å². The van der Waals surface area contributed by atoms with Crippen molar-refractivity contribution in [2.75, 3.05) is 31.4 Å². The summed E-state index contributed by atoms with van der Waals surface area (Å²) in [5.74, 6) is 0.633. The number of ether oxygens (including phenoxy) is 1. The first-order chi connectivity index (χ1) is 10.0. The molecule has 0 aliphatic rings. The molecule has 0 radical (unpaired) electrons. The predicted octanol–water partition coefficient (Wildman–Crippen LogP) is 3.84. The van der Waals surface area contributed by atoms with Crippen molar-refractivity contribution in [3.05, 3.63) is 46.4 Å². The average Bonchev–Trinajstić information content (AvgIpc) is 2.46. The number of methoxy groups -OCH3 is 1. The van der Waals surface area contributed by atoms with Crippen LogP contribution in [0.25, 0.3) is 0 Å². The standard InChI is InChI=1S/C16H19BrN2O2/c1-19(2)14-6-5-12(17)9-13(14)18-10-11-4-7-15(20)16(8-11)21-3/h4-9,18,20H,10H2,1-3H3. The quantitative estimate of drug-likeness (QED) is 0.859. The molecule has 2 rings (SSSR count). The highest BCUT2D eigenvalue weighted by molar-refractivity contribution is 9.10. The maximum atomic E-state index is 9.62. The zero-order valence-electron chi connectivity index (χ0n) is 12.4. The van der Waals surface area contributed by atoms with Crippen molar-refractivity contribution < 1.29 is 9.84 Å². The van der Waals surface area contributed by atoms with Gasteiger partial charge in [0.1, 0.15) is 0 Å². The second-order valence-electron chi connectivity index (χ2n) is 4.92. The van der Waals surface area contributed by atoms with Crippen LogP contribution >= 0.6 is 15.9 Å². The molecule has 21 heavy (non-hydrogen) atoms. The summed E-state index contributed by atoms with van der Waals surface area (Å²) in [6, 6.07) is 11.5. The van der Waals surface area contributed by atoms with E-state index in [0.717, 1.165) is 21.4 Å². The average molecular weight is 351 g/mol. The minimum atomic E-state index is 0.151. The van der Waals surface area contributed by atoms with Gasteiger partial charge in [-0.25, -0.2) is 0 Å². The number of halogens is 1. The van der Waals surface area contributed by atoms with Gasteiger partial charge < -0.3 is 20.1 Å². The molecule has 0 atom stereocenters. The van der Waals surface area contributed by atoms with Gasteiger partial charge in [0.2, 0.25) is 0 Å². The van der Waals surface area contributed by atoms with Gasteiger partial charge in [0.25, 0.3) is 0 Å². The third-order valence-corrected chi connectivity index (χ3v) is 3.66. The Bertz CT molecular complexity index is 630. The van der Waals surface area contributed by atoms with Crippen LogP contribution in [-0.4, -0.2) is 26.3 Å². The predicted molar refractivity (Wildman–Crippen MR) is 90.5 cm³/mol. The number of benzene rings is 2. The first-order valence-corrected chi connectivity index (χ1v) is 7.37. The van der Waals surface area contributed by atoms with E-state index in [1.807, 2.05) is 38.4 Å². The summed E-state index contributed by atoms with van der Waals surface area (Å²) in [6.45, 7) is 0.647. The highest BCUT2D eigenvalue weighted by atomic mass is 79.9. The molecule has 0 saturated carbocycles. The second-order valence-corrected chi connectivity index (χ2v) is 5.83. The van der Waals surface area contributed by atoms with Crippen LogP contribution in [0.3, 0.4) is 0 Å². The van der Waals surface area contributed by atoms with E-state index in [0.29, 0.717) is 12.3 Å². The Labute approximate surface area is 133 Å². The summed E-state index contributed by atoms with van der Waals surface area (Å²) < 4.78 is 6.15. The Morgan fingerprint density at radius 2 is 1.95 bits per heavy atom. The maximum Gasteiger partial charge on any atom is 0.160 e. The van der Waals surface area contributed by atoms with Crippen LogP contribution in [0.2, 0.25) is 0 Å². The Morgan fingerprint density at radius 1 is 1.19 bits per heavy atom. The molecule has 5 heteroatoms. The highest BCUT2D eigenvalue weighted by Crippen LogP contribution is 2.30. The van der Waals surface area contributed by atoms with Crippen LogP contribution in [-0.2, 0) is 6.54 Å². The molecule has 0 saturated heterocycles. The van der Waals surface area contributed by atoms with Gasteiger partial charge in [-0.1, -0.05) is 22.0 Å². The fraction of sp³-hybridized carbons (Fsp3) is 0.250. The molecule has 0 fully saturated rings. The number of hydrogen-bond acceptors (Lipinski definition) is 4. The first-order valence-electron chi connectivity index (χ1n) is 6.58. The number of nitrogens with one attached hydrogen (secondary N) is 1. The first kappa shape index (κ1) is 15.5. The Kier molecular flexibility index (Phi) is 4.96. The molecule has 0 bridgehead atoms. The van der Waals surface area contributed by atoms with Crippen LogP contribution in [0.15, 0.2) is 40.9 Å². The van der Waals surface area contributed by atoms with E-state index in [2.05, 4.69) is 32.2 Å². The van der Waals surface area contributed by atoms with E-state index in [4.69, 9.17) is 4.74 Å². The molecule has 0 aliphatic carbocycles. The van der Waals surface area contributed by atoms with Gasteiger partial charge in [0.15, 0.2) is 11.5 Å². The van der Waals surface area contributed by atoms with E-state index < -0.39 is 0 Å². The van der Waals surface area contributed by atoms with E-state index in [1.54, 1.807) is 13.2 Å². The van der Waals surface area contributed by atoms with Crippen LogP contribution in [0.4, 0.5) is 11.4 Å². The fourth-order valence-corrected chi connectivity index (χ4v) is 2.43. The number of nitrogens with zero attached hydrogens (tertiary/aromatic N) is 1. The molecule has 0 unspecified atom stereocenters. The molecule has 0 heterocycles. The van der Waals surface area contributed by atoms with E-state index >= 15 is 0 Å². The molecule has 0 spiro atoms. The van der Waals surface area contributed by atoms with Crippen molar-refractivity contribution in [3.8, 4) is 11.5 Å². The third kappa shape index (κ3) is 3.82. The summed E-state index contributed by atoms with van der Waals surface area (Å²) >= 11 is 3.49. The Hall–Kier alpha value is -1.88. The maximum absolute atomic E-state index is 9.62. The number of phenolic OH excluding ortho intramolecular Hbond substituents is 1. The SMILES string of the molecule is COc1cc(CNc2cc(Br)ccc2N(C)C)ccc1O. The zero-order valence-corrected chi connectivity index (χ0v) is 13.9. The zero-order chi connectivity index (χ0) is 15.4. The summed E-state index contributed by atoms with van der Waals surface area (Å²) in [6.07, 6.45) is 0. The van der Waals surface area contributed by atoms with Gasteiger partial charge in [-0.3, -0.25) is 0 Å². The van der Waals surface area contributed by atoms with Crippen molar-refractivity contribution in [1.82, 2.24) is 0 Å². The molecular weight excluding hydrogens is 332 g/mol. The summed E-state index contributed by atoms with van der Waals surface area (Å²) in [4.78, 5) is 2.06. The van der Waals surface area contributed by atoms with Gasteiger partial charge >= 0.3 is 0 Å². The summed E-state index contributed by atoms with van der Waals surface area (Å²) in [5, 5.41) is 13.0. The molecule has 112 valence electrons. The molecule has 0 aromatic heterocycles. The summed E-state index contributed by atoms with van der Waals surface area (Å²) in [7, 11) is 5.57. The number of aromatic hydroxyl groups is 1. The normalized spacial score (nSPS) is 10.3. The number of phenols is 1. The molecular formula is C16H19BrN2O2. The molecule has 2 aromatic carbocycles. The van der Waals surface area contributed by atoms with Gasteiger partial charge in [-0.15, -0.1) is 0 Å². The third-order valence-electron chi connectivity index (χ3n) is 3.17. The molecule has 2 aromatic rings. The fourth-order valence-electron chi connectivity index (χ4n) is 2.07. The van der Waals surface area contributed by atoms with Crippen LogP contribution < -0.4 is 15.0 Å². The highest BCUT2D eigenvalue weighted by Gasteiger charge is 2.07. The van der Waals surface area contributed by atoms with Crippen LogP contribution in [0.5, 0.6) is 11.5 Å². The van der Waals surface area contributed by atoms with E-state index in [1.165, 1.54) is 0 Å². The summed E-state index contributed by atoms with van der Waals surface area (Å²) in [5.41, 5.74) is 3.19. The molecule has 0 aliphatic heterocycles. The minimum Gasteiger partial charge on any atom is -0.504 e. The van der Waals surface area contributed by atoms with Crippen LogP contribution in [0, 0.1) is 0 Å². The van der Waals surface area contributed by atoms with Crippen molar-refractivity contribution >= 4 is 27.3 Å². The lowest BCUT2D eigenvalue weighted by molar-refractivity contribution is 0.373. The van der Waals surface area contributed by atoms with Gasteiger partial charge in [-0.2, -0.15) is 0 Å². The van der Waals surface area contributed by atoms with Crippen molar-refractivity contribution in [2.45, 2.75) is 6.54 Å². The van der Waals surface area contributed by atoms with Crippen LogP contribution in [0.1, 0.15) is 5.56 Å². The van der Waals surface area contributed by atoms with Crippen molar-refractivity contribution in [1.29, 1.82) is 0 Å². The lowest BCUT2D eigenvalue weighted by atomic mass is 10.2. The number of anilines is 2. The minimum absolute atomic E-state index is 0.151.